The van der Waals surface area contributed by atoms with E-state index in [1.807, 2.05) is 30.3 Å². The zero-order valence-corrected chi connectivity index (χ0v) is 14.3. The third kappa shape index (κ3) is 3.38. The smallest absolute Gasteiger partial charge is 0.222 e. The maximum atomic E-state index is 6.19. The standard InChI is InChI=1S/C18H12Cl2N4O/c19-11-5-7-14(20)13(9-11)17-8-6-12(25-17)10-21-24-18-22-15-3-1-2-4-16(15)23-18/h1-10H,(H2,22,23,24)/b21-10+. The lowest BCUT2D eigenvalue weighted by molar-refractivity contribution is 0.575. The third-order valence-electron chi connectivity index (χ3n) is 3.57. The Kier molecular flexibility index (Phi) is 4.17. The number of benzene rings is 2. The van der Waals surface area contributed by atoms with Gasteiger partial charge in [-0.3, -0.25) is 0 Å². The van der Waals surface area contributed by atoms with Crippen molar-refractivity contribution < 1.29 is 4.42 Å². The fourth-order valence-corrected chi connectivity index (χ4v) is 2.80. The Morgan fingerprint density at radius 3 is 2.84 bits per heavy atom. The molecule has 0 aliphatic rings. The van der Waals surface area contributed by atoms with Crippen molar-refractivity contribution >= 4 is 46.4 Å². The number of anilines is 1. The highest BCUT2D eigenvalue weighted by Gasteiger charge is 2.09. The van der Waals surface area contributed by atoms with Gasteiger partial charge in [0.15, 0.2) is 0 Å². The molecule has 0 amide bonds. The lowest BCUT2D eigenvalue weighted by Gasteiger charge is -2.00. The molecule has 124 valence electrons. The molecule has 7 heteroatoms. The summed E-state index contributed by atoms with van der Waals surface area (Å²) in [5.74, 6) is 1.76. The van der Waals surface area contributed by atoms with Gasteiger partial charge in [0.25, 0.3) is 0 Å². The van der Waals surface area contributed by atoms with Gasteiger partial charge in [0.1, 0.15) is 11.5 Å². The first kappa shape index (κ1) is 15.7. The third-order valence-corrected chi connectivity index (χ3v) is 4.14. The summed E-state index contributed by atoms with van der Waals surface area (Å²) in [6, 6.07) is 16.6. The number of nitrogens with one attached hydrogen (secondary N) is 2. The Balaban J connectivity index is 1.50. The number of H-pyrrole nitrogens is 1. The highest BCUT2D eigenvalue weighted by Crippen LogP contribution is 2.31. The van der Waals surface area contributed by atoms with Crippen LogP contribution < -0.4 is 5.43 Å². The SMILES string of the molecule is Clc1ccc(Cl)c(-c2ccc(/C=N/Nc3nc4ccccc4[nH]3)o2)c1. The molecule has 4 aromatic rings. The Bertz CT molecular complexity index is 1030. The van der Waals surface area contributed by atoms with E-state index in [2.05, 4.69) is 20.5 Å². The number of halogens is 2. The molecule has 0 bridgehead atoms. The Hall–Kier alpha value is -2.76. The van der Waals surface area contributed by atoms with E-state index in [0.717, 1.165) is 16.6 Å². The van der Waals surface area contributed by atoms with E-state index in [9.17, 15) is 0 Å². The van der Waals surface area contributed by atoms with Gasteiger partial charge in [0.05, 0.1) is 22.3 Å². The molecular formula is C18H12Cl2N4O. The second-order valence-electron chi connectivity index (χ2n) is 5.30. The number of para-hydroxylation sites is 2. The van der Waals surface area contributed by atoms with Crippen LogP contribution in [0.5, 0.6) is 0 Å². The molecule has 0 aliphatic heterocycles. The topological polar surface area (TPSA) is 66.2 Å². The van der Waals surface area contributed by atoms with Crippen LogP contribution in [-0.2, 0) is 0 Å². The van der Waals surface area contributed by atoms with Crippen molar-refractivity contribution in [2.45, 2.75) is 0 Å². The van der Waals surface area contributed by atoms with Crippen molar-refractivity contribution in [3.63, 3.8) is 0 Å². The predicted octanol–water partition coefficient (Wildman–Crippen LogP) is 5.58. The number of hydrogen-bond donors (Lipinski definition) is 2. The van der Waals surface area contributed by atoms with E-state index in [1.165, 1.54) is 0 Å². The van der Waals surface area contributed by atoms with Gasteiger partial charge in [-0.1, -0.05) is 35.3 Å². The normalized spacial score (nSPS) is 11.4. The minimum Gasteiger partial charge on any atom is -0.455 e. The van der Waals surface area contributed by atoms with Gasteiger partial charge in [-0.15, -0.1) is 0 Å². The van der Waals surface area contributed by atoms with Gasteiger partial charge < -0.3 is 9.40 Å². The summed E-state index contributed by atoms with van der Waals surface area (Å²) < 4.78 is 5.74. The van der Waals surface area contributed by atoms with Crippen LogP contribution in [-0.4, -0.2) is 16.2 Å². The molecule has 0 atom stereocenters. The van der Waals surface area contributed by atoms with Crippen molar-refractivity contribution in [1.29, 1.82) is 0 Å². The van der Waals surface area contributed by atoms with Crippen LogP contribution in [0.3, 0.4) is 0 Å². The fourth-order valence-electron chi connectivity index (χ4n) is 2.42. The summed E-state index contributed by atoms with van der Waals surface area (Å²) in [6.07, 6.45) is 1.56. The number of nitrogens with zero attached hydrogens (tertiary/aromatic N) is 2. The second-order valence-corrected chi connectivity index (χ2v) is 6.14. The Labute approximate surface area is 153 Å². The number of fused-ring (bicyclic) bond motifs is 1. The molecule has 0 radical (unpaired) electrons. The molecule has 0 unspecified atom stereocenters. The predicted molar refractivity (Wildman–Crippen MR) is 101 cm³/mol. The van der Waals surface area contributed by atoms with Gasteiger partial charge in [0, 0.05) is 10.6 Å². The average Bonchev–Trinajstić information content (AvgIpc) is 3.23. The number of hydrazone groups is 1. The van der Waals surface area contributed by atoms with E-state index in [-0.39, 0.29) is 0 Å². The summed E-state index contributed by atoms with van der Waals surface area (Å²) in [5.41, 5.74) is 5.40. The molecule has 0 saturated heterocycles. The average molecular weight is 371 g/mol. The number of furan rings is 1. The second kappa shape index (κ2) is 6.63. The number of aromatic nitrogens is 2. The first-order valence-electron chi connectivity index (χ1n) is 7.48. The maximum Gasteiger partial charge on any atom is 0.222 e. The number of aromatic amines is 1. The van der Waals surface area contributed by atoms with Gasteiger partial charge >= 0.3 is 0 Å². The Morgan fingerprint density at radius 2 is 1.96 bits per heavy atom. The van der Waals surface area contributed by atoms with E-state index >= 15 is 0 Å². The van der Waals surface area contributed by atoms with Crippen molar-refractivity contribution in [1.82, 2.24) is 9.97 Å². The van der Waals surface area contributed by atoms with Crippen LogP contribution in [0.15, 0.2) is 64.1 Å². The van der Waals surface area contributed by atoms with Gasteiger partial charge in [0.2, 0.25) is 5.95 Å². The molecule has 2 aromatic heterocycles. The minimum absolute atomic E-state index is 0.558. The molecule has 0 aliphatic carbocycles. The molecule has 0 fully saturated rings. The fraction of sp³-hybridized carbons (Fsp3) is 0. The van der Waals surface area contributed by atoms with Crippen LogP contribution in [0.1, 0.15) is 5.76 Å². The van der Waals surface area contributed by atoms with Crippen LogP contribution in [0.25, 0.3) is 22.4 Å². The quantitative estimate of drug-likeness (QED) is 0.364. The van der Waals surface area contributed by atoms with Crippen LogP contribution in [0.2, 0.25) is 10.0 Å². The zero-order chi connectivity index (χ0) is 17.2. The minimum atomic E-state index is 0.558. The zero-order valence-electron chi connectivity index (χ0n) is 12.8. The first-order chi connectivity index (χ1) is 12.2. The summed E-state index contributed by atoms with van der Waals surface area (Å²) in [4.78, 5) is 7.50. The van der Waals surface area contributed by atoms with Crippen LogP contribution in [0, 0.1) is 0 Å². The highest BCUT2D eigenvalue weighted by atomic mass is 35.5. The summed E-state index contributed by atoms with van der Waals surface area (Å²) >= 11 is 12.2. The van der Waals surface area contributed by atoms with Crippen molar-refractivity contribution in [2.75, 3.05) is 5.43 Å². The van der Waals surface area contributed by atoms with E-state index in [4.69, 9.17) is 27.6 Å². The van der Waals surface area contributed by atoms with Crippen LogP contribution >= 0.6 is 23.2 Å². The highest BCUT2D eigenvalue weighted by molar-refractivity contribution is 6.35. The largest absolute Gasteiger partial charge is 0.455 e. The lowest BCUT2D eigenvalue weighted by atomic mass is 10.2. The summed E-state index contributed by atoms with van der Waals surface area (Å²) in [5, 5.41) is 5.30. The lowest BCUT2D eigenvalue weighted by Crippen LogP contribution is -1.91. The number of rotatable bonds is 4. The monoisotopic (exact) mass is 370 g/mol. The summed E-state index contributed by atoms with van der Waals surface area (Å²) in [7, 11) is 0. The van der Waals surface area contributed by atoms with Crippen LogP contribution in [0.4, 0.5) is 5.95 Å². The molecule has 0 spiro atoms. The molecule has 25 heavy (non-hydrogen) atoms. The van der Waals surface area contributed by atoms with E-state index < -0.39 is 0 Å². The summed E-state index contributed by atoms with van der Waals surface area (Å²) in [6.45, 7) is 0. The first-order valence-corrected chi connectivity index (χ1v) is 8.24. The molecule has 4 rings (SSSR count). The molecule has 2 N–H and O–H groups in total. The molecule has 2 aromatic carbocycles. The van der Waals surface area contributed by atoms with E-state index in [0.29, 0.717) is 27.5 Å². The van der Waals surface area contributed by atoms with Gasteiger partial charge in [-0.25, -0.2) is 10.4 Å². The number of imidazole rings is 1. The Morgan fingerprint density at radius 1 is 1.08 bits per heavy atom. The molecule has 5 nitrogen and oxygen atoms in total. The van der Waals surface area contributed by atoms with E-state index in [1.54, 1.807) is 30.5 Å². The van der Waals surface area contributed by atoms with Crippen molar-refractivity contribution in [2.24, 2.45) is 5.10 Å². The molecule has 2 heterocycles. The van der Waals surface area contributed by atoms with Crippen molar-refractivity contribution in [3.05, 3.63) is 70.4 Å². The molecular weight excluding hydrogens is 359 g/mol. The number of hydrogen-bond acceptors (Lipinski definition) is 4. The van der Waals surface area contributed by atoms with Crippen molar-refractivity contribution in [3.8, 4) is 11.3 Å². The maximum absolute atomic E-state index is 6.19. The van der Waals surface area contributed by atoms with Gasteiger partial charge in [-0.05, 0) is 42.5 Å². The molecule has 0 saturated carbocycles. The van der Waals surface area contributed by atoms with Gasteiger partial charge in [-0.2, -0.15) is 5.10 Å².